The second-order valence-electron chi connectivity index (χ2n) is 4.79. The number of methoxy groups -OCH3 is 1. The third-order valence-electron chi connectivity index (χ3n) is 3.28. The van der Waals surface area contributed by atoms with E-state index in [1.54, 1.807) is 0 Å². The van der Waals surface area contributed by atoms with Crippen LogP contribution in [0.1, 0.15) is 21.5 Å². The first-order valence-electron chi connectivity index (χ1n) is 6.52. The first kappa shape index (κ1) is 17.8. The fraction of sp³-hybridized carbons (Fsp3) is 0.188. The number of carbonyl (C=O) groups excluding carboxylic acids is 1. The van der Waals surface area contributed by atoms with E-state index in [9.17, 15) is 31.1 Å². The van der Waals surface area contributed by atoms with Crippen LogP contribution in [0.4, 0.5) is 26.3 Å². The lowest BCUT2D eigenvalue weighted by Crippen LogP contribution is -2.12. The first-order chi connectivity index (χ1) is 11.1. The molecule has 0 aliphatic carbocycles. The number of alkyl halides is 6. The van der Waals surface area contributed by atoms with E-state index in [0.717, 1.165) is 37.4 Å². The minimum absolute atomic E-state index is 0.170. The zero-order chi connectivity index (χ0) is 18.1. The molecule has 2 aromatic carbocycles. The number of ether oxygens (including phenoxy) is 1. The summed E-state index contributed by atoms with van der Waals surface area (Å²) < 4.78 is 81.9. The summed E-state index contributed by atoms with van der Waals surface area (Å²) in [6.45, 7) is 0. The Morgan fingerprint density at radius 2 is 1.46 bits per heavy atom. The Morgan fingerprint density at radius 1 is 0.875 bits per heavy atom. The molecular formula is C16H10F6O2. The van der Waals surface area contributed by atoms with Gasteiger partial charge in [-0.15, -0.1) is 0 Å². The molecule has 128 valence electrons. The zero-order valence-electron chi connectivity index (χ0n) is 12.1. The Kier molecular flexibility index (Phi) is 4.59. The van der Waals surface area contributed by atoms with Crippen LogP contribution in [-0.4, -0.2) is 13.1 Å². The van der Waals surface area contributed by atoms with Gasteiger partial charge in [0.15, 0.2) is 0 Å². The highest BCUT2D eigenvalue weighted by Crippen LogP contribution is 2.40. The van der Waals surface area contributed by atoms with Gasteiger partial charge in [0.2, 0.25) is 0 Å². The first-order valence-corrected chi connectivity index (χ1v) is 6.52. The van der Waals surface area contributed by atoms with E-state index in [2.05, 4.69) is 4.74 Å². The van der Waals surface area contributed by atoms with E-state index in [1.165, 1.54) is 0 Å². The minimum atomic E-state index is -4.79. The lowest BCUT2D eigenvalue weighted by atomic mass is 9.93. The molecule has 0 unspecified atom stereocenters. The SMILES string of the molecule is COC(=O)c1cccc(C(F)(F)F)c1-c1ccc(C(F)(F)F)cc1. The molecule has 0 amide bonds. The highest BCUT2D eigenvalue weighted by Gasteiger charge is 2.36. The van der Waals surface area contributed by atoms with E-state index >= 15 is 0 Å². The van der Waals surface area contributed by atoms with Gasteiger partial charge in [-0.05, 0) is 29.8 Å². The van der Waals surface area contributed by atoms with Crippen LogP contribution in [0.5, 0.6) is 0 Å². The quantitative estimate of drug-likeness (QED) is 0.552. The summed E-state index contributed by atoms with van der Waals surface area (Å²) in [5.74, 6) is -1.02. The van der Waals surface area contributed by atoms with Crippen molar-refractivity contribution in [2.75, 3.05) is 7.11 Å². The van der Waals surface area contributed by atoms with Crippen LogP contribution < -0.4 is 0 Å². The van der Waals surface area contributed by atoms with Crippen molar-refractivity contribution in [3.63, 3.8) is 0 Å². The summed E-state index contributed by atoms with van der Waals surface area (Å²) in [5, 5.41) is 0. The predicted octanol–water partition coefficient (Wildman–Crippen LogP) is 5.18. The molecule has 0 saturated carbocycles. The molecule has 0 aliphatic rings. The number of hydrogen-bond acceptors (Lipinski definition) is 2. The lowest BCUT2D eigenvalue weighted by molar-refractivity contribution is -0.138. The van der Waals surface area contributed by atoms with Gasteiger partial charge in [-0.25, -0.2) is 4.79 Å². The molecule has 8 heteroatoms. The van der Waals surface area contributed by atoms with Gasteiger partial charge in [-0.1, -0.05) is 18.2 Å². The van der Waals surface area contributed by atoms with Gasteiger partial charge in [0.25, 0.3) is 0 Å². The van der Waals surface area contributed by atoms with Gasteiger partial charge in [0, 0.05) is 5.56 Å². The zero-order valence-corrected chi connectivity index (χ0v) is 12.1. The van der Waals surface area contributed by atoms with Crippen molar-refractivity contribution in [3.8, 4) is 11.1 Å². The van der Waals surface area contributed by atoms with Crippen molar-refractivity contribution in [2.45, 2.75) is 12.4 Å². The summed E-state index contributed by atoms with van der Waals surface area (Å²) in [6, 6.07) is 5.99. The van der Waals surface area contributed by atoms with E-state index in [4.69, 9.17) is 0 Å². The van der Waals surface area contributed by atoms with Crippen LogP contribution in [-0.2, 0) is 17.1 Å². The third-order valence-corrected chi connectivity index (χ3v) is 3.28. The summed E-state index contributed by atoms with van der Waals surface area (Å²) in [6.07, 6.45) is -9.41. The lowest BCUT2D eigenvalue weighted by Gasteiger charge is -2.17. The van der Waals surface area contributed by atoms with Crippen LogP contribution >= 0.6 is 0 Å². The molecule has 0 aromatic heterocycles. The maximum absolute atomic E-state index is 13.2. The largest absolute Gasteiger partial charge is 0.465 e. The van der Waals surface area contributed by atoms with Crippen LogP contribution in [0.2, 0.25) is 0 Å². The van der Waals surface area contributed by atoms with Crippen LogP contribution in [0.3, 0.4) is 0 Å². The molecule has 0 saturated heterocycles. The van der Waals surface area contributed by atoms with Gasteiger partial charge >= 0.3 is 18.3 Å². The average Bonchev–Trinajstić information content (AvgIpc) is 2.52. The molecule has 0 heterocycles. The molecule has 2 aromatic rings. The Hall–Kier alpha value is -2.51. The Morgan fingerprint density at radius 3 is 1.92 bits per heavy atom. The molecular weight excluding hydrogens is 338 g/mol. The monoisotopic (exact) mass is 348 g/mol. The number of rotatable bonds is 2. The maximum Gasteiger partial charge on any atom is 0.417 e. The number of hydrogen-bond donors (Lipinski definition) is 0. The standard InChI is InChI=1S/C16H10F6O2/c1-24-14(23)11-3-2-4-12(16(20,21)22)13(11)9-5-7-10(8-6-9)15(17,18)19/h2-8H,1H3. The number of esters is 1. The molecule has 0 aliphatic heterocycles. The van der Waals surface area contributed by atoms with Gasteiger partial charge < -0.3 is 4.74 Å². The van der Waals surface area contributed by atoms with E-state index in [0.29, 0.717) is 12.1 Å². The molecule has 0 fully saturated rings. The fourth-order valence-electron chi connectivity index (χ4n) is 2.21. The van der Waals surface area contributed by atoms with Gasteiger partial charge in [0.05, 0.1) is 23.8 Å². The van der Waals surface area contributed by atoms with Gasteiger partial charge in [-0.3, -0.25) is 0 Å². The molecule has 0 atom stereocenters. The van der Waals surface area contributed by atoms with Crippen molar-refractivity contribution in [1.82, 2.24) is 0 Å². The van der Waals surface area contributed by atoms with Crippen molar-refractivity contribution in [2.24, 2.45) is 0 Å². The molecule has 2 rings (SSSR count). The third kappa shape index (κ3) is 3.52. The van der Waals surface area contributed by atoms with Crippen LogP contribution in [0.25, 0.3) is 11.1 Å². The van der Waals surface area contributed by atoms with Crippen molar-refractivity contribution >= 4 is 5.97 Å². The molecule has 24 heavy (non-hydrogen) atoms. The summed E-state index contributed by atoms with van der Waals surface area (Å²) in [7, 11) is 0.999. The number of halogens is 6. The van der Waals surface area contributed by atoms with Crippen LogP contribution in [0.15, 0.2) is 42.5 Å². The maximum atomic E-state index is 13.2. The summed E-state index contributed by atoms with van der Waals surface area (Å²) >= 11 is 0. The van der Waals surface area contributed by atoms with E-state index in [-0.39, 0.29) is 11.1 Å². The highest BCUT2D eigenvalue weighted by atomic mass is 19.4. The Balaban J connectivity index is 2.69. The molecule has 0 bridgehead atoms. The smallest absolute Gasteiger partial charge is 0.417 e. The number of carbonyl (C=O) groups is 1. The van der Waals surface area contributed by atoms with E-state index in [1.807, 2.05) is 0 Å². The predicted molar refractivity (Wildman–Crippen MR) is 73.2 cm³/mol. The van der Waals surface area contributed by atoms with Crippen molar-refractivity contribution in [1.29, 1.82) is 0 Å². The fourth-order valence-corrected chi connectivity index (χ4v) is 2.21. The number of benzene rings is 2. The summed E-state index contributed by atoms with van der Waals surface area (Å²) in [5.41, 5.74) is -3.21. The Labute approximate surface area is 132 Å². The van der Waals surface area contributed by atoms with Gasteiger partial charge in [0.1, 0.15) is 0 Å². The minimum Gasteiger partial charge on any atom is -0.465 e. The highest BCUT2D eigenvalue weighted by molar-refractivity contribution is 5.98. The Bertz CT molecular complexity index is 745. The molecule has 0 N–H and O–H groups in total. The second kappa shape index (κ2) is 6.18. The van der Waals surface area contributed by atoms with Crippen molar-refractivity contribution in [3.05, 3.63) is 59.2 Å². The van der Waals surface area contributed by atoms with Gasteiger partial charge in [-0.2, -0.15) is 26.3 Å². The second-order valence-corrected chi connectivity index (χ2v) is 4.79. The molecule has 2 nitrogen and oxygen atoms in total. The normalized spacial score (nSPS) is 12.1. The topological polar surface area (TPSA) is 26.3 Å². The van der Waals surface area contributed by atoms with Crippen LogP contribution in [0, 0.1) is 0 Å². The average molecular weight is 348 g/mol. The molecule has 0 radical (unpaired) electrons. The summed E-state index contributed by atoms with van der Waals surface area (Å²) in [4.78, 5) is 11.7. The van der Waals surface area contributed by atoms with E-state index < -0.39 is 35.0 Å². The molecule has 0 spiro atoms. The van der Waals surface area contributed by atoms with Crippen molar-refractivity contribution < 1.29 is 35.9 Å².